The van der Waals surface area contributed by atoms with E-state index in [1.54, 1.807) is 42.5 Å². The van der Waals surface area contributed by atoms with Gasteiger partial charge in [-0.1, -0.05) is 47.7 Å². The lowest BCUT2D eigenvalue weighted by molar-refractivity contribution is -0.144. The van der Waals surface area contributed by atoms with E-state index < -0.39 is 12.1 Å². The topological polar surface area (TPSA) is 90.4 Å². The fraction of sp³-hybridized carbons (Fsp3) is 0.276. The lowest BCUT2D eigenvalue weighted by Crippen LogP contribution is -2.38. The lowest BCUT2D eigenvalue weighted by Gasteiger charge is -2.22. The Morgan fingerprint density at radius 3 is 2.51 bits per heavy atom. The number of aromatic nitrogens is 1. The quantitative estimate of drug-likeness (QED) is 0.218. The molecule has 0 N–H and O–H groups in total. The van der Waals surface area contributed by atoms with E-state index in [9.17, 15) is 9.59 Å². The highest BCUT2D eigenvalue weighted by Crippen LogP contribution is 2.28. The van der Waals surface area contributed by atoms with Crippen molar-refractivity contribution in [1.29, 1.82) is 0 Å². The second kappa shape index (κ2) is 13.5. The summed E-state index contributed by atoms with van der Waals surface area (Å²) in [5, 5.41) is 0.928. The molecule has 3 aromatic carbocycles. The third-order valence-electron chi connectivity index (χ3n) is 5.73. The molecule has 0 radical (unpaired) electrons. The van der Waals surface area contributed by atoms with Gasteiger partial charge in [-0.05, 0) is 48.9 Å². The van der Waals surface area contributed by atoms with Crippen LogP contribution >= 0.6 is 11.3 Å². The molecule has 0 aliphatic carbocycles. The van der Waals surface area contributed by atoms with E-state index in [0.29, 0.717) is 24.7 Å². The molecule has 9 nitrogen and oxygen atoms in total. The standard InChI is InChI=1S/C29H31N3O6S/c1-4-36-27(33)20-32(29(34)38-25-14-7-6-13-24(25)35-3)19-21-10-9-11-22(18-21)37-17-16-31(2)28-30-23-12-5-8-15-26(23)39-28/h5-15,18H,4,16-17,19-20H2,1-3H3. The molecule has 1 aromatic heterocycles. The fourth-order valence-electron chi connectivity index (χ4n) is 3.78. The number of hydrogen-bond donors (Lipinski definition) is 0. The Morgan fingerprint density at radius 1 is 0.974 bits per heavy atom. The number of fused-ring (bicyclic) bond motifs is 1. The van der Waals surface area contributed by atoms with Gasteiger partial charge < -0.3 is 23.8 Å². The summed E-state index contributed by atoms with van der Waals surface area (Å²) in [6.07, 6.45) is -0.698. The Balaban J connectivity index is 1.39. The number of thiazole rings is 1. The van der Waals surface area contributed by atoms with Crippen LogP contribution in [0.2, 0.25) is 0 Å². The molecule has 4 aromatic rings. The van der Waals surface area contributed by atoms with Gasteiger partial charge in [0, 0.05) is 13.6 Å². The Morgan fingerprint density at radius 2 is 1.74 bits per heavy atom. The minimum absolute atomic E-state index is 0.121. The number of anilines is 1. The summed E-state index contributed by atoms with van der Waals surface area (Å²) in [6, 6.07) is 22.3. The minimum Gasteiger partial charge on any atom is -0.493 e. The van der Waals surface area contributed by atoms with Crippen LogP contribution in [0.25, 0.3) is 10.2 Å². The molecular formula is C29H31N3O6S. The van der Waals surface area contributed by atoms with Gasteiger partial charge in [0.25, 0.3) is 0 Å². The number of nitrogens with zero attached hydrogens (tertiary/aromatic N) is 3. The maximum atomic E-state index is 13.1. The molecule has 0 aliphatic heterocycles. The summed E-state index contributed by atoms with van der Waals surface area (Å²) in [5.41, 5.74) is 1.75. The number of hydrogen-bond acceptors (Lipinski definition) is 9. The summed E-state index contributed by atoms with van der Waals surface area (Å²) in [6.45, 7) is 2.87. The molecule has 0 saturated carbocycles. The molecule has 0 saturated heterocycles. The van der Waals surface area contributed by atoms with Crippen molar-refractivity contribution in [2.75, 3.05) is 45.4 Å². The van der Waals surface area contributed by atoms with Crippen LogP contribution in [-0.4, -0.2) is 62.4 Å². The van der Waals surface area contributed by atoms with Crippen LogP contribution in [0.15, 0.2) is 72.8 Å². The fourth-order valence-corrected chi connectivity index (χ4v) is 4.74. The first-order chi connectivity index (χ1) is 19.0. The highest BCUT2D eigenvalue weighted by atomic mass is 32.1. The largest absolute Gasteiger partial charge is 0.493 e. The average molecular weight is 550 g/mol. The van der Waals surface area contributed by atoms with Gasteiger partial charge in [-0.2, -0.15) is 0 Å². The maximum absolute atomic E-state index is 13.1. The molecule has 39 heavy (non-hydrogen) atoms. The number of carbonyl (C=O) groups is 2. The van der Waals surface area contributed by atoms with Crippen LogP contribution in [0, 0.1) is 0 Å². The lowest BCUT2D eigenvalue weighted by atomic mass is 10.2. The van der Waals surface area contributed by atoms with Gasteiger partial charge >= 0.3 is 12.1 Å². The molecular weight excluding hydrogens is 518 g/mol. The minimum atomic E-state index is -0.698. The summed E-state index contributed by atoms with van der Waals surface area (Å²) >= 11 is 1.64. The highest BCUT2D eigenvalue weighted by Gasteiger charge is 2.22. The first-order valence-electron chi connectivity index (χ1n) is 12.5. The molecule has 10 heteroatoms. The summed E-state index contributed by atoms with van der Waals surface area (Å²) in [7, 11) is 3.48. The van der Waals surface area contributed by atoms with Crippen LogP contribution in [0.4, 0.5) is 9.93 Å². The van der Waals surface area contributed by atoms with Gasteiger partial charge in [-0.15, -0.1) is 0 Å². The van der Waals surface area contributed by atoms with Crippen molar-refractivity contribution in [3.8, 4) is 17.2 Å². The van der Waals surface area contributed by atoms with Gasteiger partial charge in [0.1, 0.15) is 18.9 Å². The van der Waals surface area contributed by atoms with Crippen molar-refractivity contribution in [2.45, 2.75) is 13.5 Å². The molecule has 0 unspecified atom stereocenters. The van der Waals surface area contributed by atoms with E-state index >= 15 is 0 Å². The molecule has 0 atom stereocenters. The molecule has 0 spiro atoms. The molecule has 1 amide bonds. The van der Waals surface area contributed by atoms with E-state index in [0.717, 1.165) is 20.9 Å². The number of amides is 1. The number of esters is 1. The Labute approximate surface area is 231 Å². The third-order valence-corrected chi connectivity index (χ3v) is 6.88. The van der Waals surface area contributed by atoms with Gasteiger partial charge in [0.15, 0.2) is 16.6 Å². The zero-order valence-corrected chi connectivity index (χ0v) is 23.0. The number of carbonyl (C=O) groups excluding carboxylic acids is 2. The normalized spacial score (nSPS) is 10.6. The zero-order valence-electron chi connectivity index (χ0n) is 22.2. The second-order valence-electron chi connectivity index (χ2n) is 8.56. The third kappa shape index (κ3) is 7.61. The zero-order chi connectivity index (χ0) is 27.6. The molecule has 0 aliphatic rings. The monoisotopic (exact) mass is 549 g/mol. The maximum Gasteiger partial charge on any atom is 0.416 e. The van der Waals surface area contributed by atoms with Crippen LogP contribution in [-0.2, 0) is 16.1 Å². The van der Waals surface area contributed by atoms with Crippen molar-refractivity contribution in [1.82, 2.24) is 9.88 Å². The average Bonchev–Trinajstić information content (AvgIpc) is 3.38. The van der Waals surface area contributed by atoms with Gasteiger partial charge in [-0.3, -0.25) is 9.69 Å². The predicted molar refractivity (Wildman–Crippen MR) is 151 cm³/mol. The Bertz CT molecular complexity index is 1380. The van der Waals surface area contributed by atoms with Crippen molar-refractivity contribution in [3.63, 3.8) is 0 Å². The van der Waals surface area contributed by atoms with Gasteiger partial charge in [0.05, 0.1) is 30.5 Å². The number of methoxy groups -OCH3 is 1. The van der Waals surface area contributed by atoms with E-state index in [-0.39, 0.29) is 25.4 Å². The molecule has 0 fully saturated rings. The number of benzene rings is 3. The first-order valence-corrected chi connectivity index (χ1v) is 13.3. The van der Waals surface area contributed by atoms with Crippen LogP contribution in [0.1, 0.15) is 12.5 Å². The van der Waals surface area contributed by atoms with Crippen LogP contribution < -0.4 is 19.1 Å². The second-order valence-corrected chi connectivity index (χ2v) is 9.57. The molecule has 0 bridgehead atoms. The van der Waals surface area contributed by atoms with Crippen molar-refractivity contribution in [3.05, 3.63) is 78.4 Å². The van der Waals surface area contributed by atoms with Gasteiger partial charge in [-0.25, -0.2) is 9.78 Å². The van der Waals surface area contributed by atoms with Gasteiger partial charge in [0.2, 0.25) is 0 Å². The van der Waals surface area contributed by atoms with Crippen LogP contribution in [0.5, 0.6) is 17.2 Å². The summed E-state index contributed by atoms with van der Waals surface area (Å²) in [4.78, 5) is 33.3. The van der Waals surface area contributed by atoms with E-state index in [1.807, 2.05) is 49.5 Å². The summed E-state index contributed by atoms with van der Waals surface area (Å²) < 4.78 is 23.0. The molecule has 204 valence electrons. The number of rotatable bonds is 12. The Hall–Kier alpha value is -4.31. The molecule has 1 heterocycles. The summed E-state index contributed by atoms with van der Waals surface area (Å²) in [5.74, 6) is 0.792. The predicted octanol–water partition coefficient (Wildman–Crippen LogP) is 5.38. The number of likely N-dealkylation sites (N-methyl/N-ethyl adjacent to an activating group) is 1. The Kier molecular flexibility index (Phi) is 9.58. The smallest absolute Gasteiger partial charge is 0.416 e. The van der Waals surface area contributed by atoms with Crippen LogP contribution in [0.3, 0.4) is 0 Å². The van der Waals surface area contributed by atoms with E-state index in [4.69, 9.17) is 18.9 Å². The van der Waals surface area contributed by atoms with Crippen molar-refractivity contribution >= 4 is 38.7 Å². The highest BCUT2D eigenvalue weighted by molar-refractivity contribution is 7.22. The SMILES string of the molecule is CCOC(=O)CN(Cc1cccc(OCCN(C)c2nc3ccccc3s2)c1)C(=O)Oc1ccccc1OC. The van der Waals surface area contributed by atoms with E-state index in [1.165, 1.54) is 12.0 Å². The molecule has 4 rings (SSSR count). The first kappa shape index (κ1) is 27.7. The number of ether oxygens (including phenoxy) is 4. The number of para-hydroxylation sites is 3. The van der Waals surface area contributed by atoms with Crippen molar-refractivity contribution in [2.24, 2.45) is 0 Å². The van der Waals surface area contributed by atoms with Crippen molar-refractivity contribution < 1.29 is 28.5 Å². The van der Waals surface area contributed by atoms with E-state index in [2.05, 4.69) is 16.0 Å².